The molecule has 1 heterocycles. The number of hydrogen-bond donors (Lipinski definition) is 1. The van der Waals surface area contributed by atoms with Gasteiger partial charge < -0.3 is 14.6 Å². The van der Waals surface area contributed by atoms with Gasteiger partial charge in [-0.25, -0.2) is 0 Å². The first-order valence-corrected chi connectivity index (χ1v) is 6.22. The molecule has 0 aliphatic rings. The Balaban J connectivity index is 2.87. The van der Waals surface area contributed by atoms with E-state index in [-0.39, 0.29) is 24.1 Å². The average Bonchev–Trinajstić information content (AvgIpc) is 2.38. The highest BCUT2D eigenvalue weighted by atomic mass is 16.5. The molecule has 104 valence electrons. The summed E-state index contributed by atoms with van der Waals surface area (Å²) >= 11 is 0. The second kappa shape index (κ2) is 7.35. The molecule has 0 aromatic carbocycles. The molecule has 6 nitrogen and oxygen atoms in total. The zero-order valence-electron chi connectivity index (χ0n) is 11.1. The largest absolute Gasteiger partial charge is 0.465 e. The molecule has 0 aliphatic heterocycles. The van der Waals surface area contributed by atoms with Gasteiger partial charge >= 0.3 is 5.97 Å². The topological polar surface area (TPSA) is 79.5 Å². The van der Waals surface area contributed by atoms with Crippen LogP contribution in [0.1, 0.15) is 30.6 Å². The van der Waals surface area contributed by atoms with Gasteiger partial charge in [0, 0.05) is 25.0 Å². The quantitative estimate of drug-likeness (QED) is 0.772. The van der Waals surface area contributed by atoms with Crippen LogP contribution in [0.15, 0.2) is 23.3 Å². The fourth-order valence-electron chi connectivity index (χ4n) is 1.64. The van der Waals surface area contributed by atoms with Crippen molar-refractivity contribution in [1.82, 2.24) is 9.88 Å². The number of esters is 1. The van der Waals surface area contributed by atoms with Gasteiger partial charge in [-0.05, 0) is 13.3 Å². The second-order valence-corrected chi connectivity index (χ2v) is 3.95. The highest BCUT2D eigenvalue weighted by molar-refractivity contribution is 5.95. The van der Waals surface area contributed by atoms with Gasteiger partial charge in [0.15, 0.2) is 5.43 Å². The van der Waals surface area contributed by atoms with Crippen LogP contribution in [-0.4, -0.2) is 41.5 Å². The van der Waals surface area contributed by atoms with Gasteiger partial charge in [-0.15, -0.1) is 0 Å². The SMILES string of the molecule is CCCN(CC(=O)OCC)C(=O)c1c[nH]ccc1=O. The molecule has 1 rings (SSSR count). The maximum absolute atomic E-state index is 12.2. The Bertz CT molecular complexity index is 495. The van der Waals surface area contributed by atoms with E-state index >= 15 is 0 Å². The number of nitrogens with zero attached hydrogens (tertiary/aromatic N) is 1. The molecule has 1 aromatic rings. The summed E-state index contributed by atoms with van der Waals surface area (Å²) in [6.45, 7) is 4.10. The van der Waals surface area contributed by atoms with Crippen LogP contribution in [0.4, 0.5) is 0 Å². The van der Waals surface area contributed by atoms with Crippen LogP contribution in [0.25, 0.3) is 0 Å². The highest BCUT2D eigenvalue weighted by Crippen LogP contribution is 2.01. The van der Waals surface area contributed by atoms with Crippen molar-refractivity contribution in [3.63, 3.8) is 0 Å². The molecule has 0 saturated carbocycles. The number of nitrogens with one attached hydrogen (secondary N) is 1. The maximum atomic E-state index is 12.2. The average molecular weight is 266 g/mol. The van der Waals surface area contributed by atoms with Crippen LogP contribution < -0.4 is 5.43 Å². The fourth-order valence-corrected chi connectivity index (χ4v) is 1.64. The van der Waals surface area contributed by atoms with E-state index in [1.807, 2.05) is 6.92 Å². The van der Waals surface area contributed by atoms with E-state index in [1.54, 1.807) is 6.92 Å². The van der Waals surface area contributed by atoms with Gasteiger partial charge in [-0.2, -0.15) is 0 Å². The van der Waals surface area contributed by atoms with Crippen molar-refractivity contribution < 1.29 is 14.3 Å². The summed E-state index contributed by atoms with van der Waals surface area (Å²) in [6, 6.07) is 1.28. The van der Waals surface area contributed by atoms with Crippen molar-refractivity contribution >= 4 is 11.9 Å². The number of ether oxygens (including phenoxy) is 1. The molecular weight excluding hydrogens is 248 g/mol. The molecule has 1 N–H and O–H groups in total. The molecule has 0 spiro atoms. The molecule has 1 aromatic heterocycles. The summed E-state index contributed by atoms with van der Waals surface area (Å²) in [5.74, 6) is -0.937. The number of aromatic nitrogens is 1. The van der Waals surface area contributed by atoms with Gasteiger partial charge in [0.1, 0.15) is 12.1 Å². The molecule has 0 unspecified atom stereocenters. The number of carbonyl (C=O) groups is 2. The van der Waals surface area contributed by atoms with Crippen LogP contribution in [0.3, 0.4) is 0 Å². The molecular formula is C13H18N2O4. The lowest BCUT2D eigenvalue weighted by atomic mass is 10.2. The molecule has 19 heavy (non-hydrogen) atoms. The number of amides is 1. The lowest BCUT2D eigenvalue weighted by Gasteiger charge is -2.20. The van der Waals surface area contributed by atoms with Crippen LogP contribution >= 0.6 is 0 Å². The summed E-state index contributed by atoms with van der Waals surface area (Å²) in [4.78, 5) is 39.3. The molecule has 0 bridgehead atoms. The first kappa shape index (κ1) is 14.9. The minimum atomic E-state index is -0.475. The van der Waals surface area contributed by atoms with E-state index in [0.29, 0.717) is 13.0 Å². The van der Waals surface area contributed by atoms with E-state index in [2.05, 4.69) is 4.98 Å². The monoisotopic (exact) mass is 266 g/mol. The zero-order valence-corrected chi connectivity index (χ0v) is 11.1. The van der Waals surface area contributed by atoms with E-state index in [9.17, 15) is 14.4 Å². The van der Waals surface area contributed by atoms with Gasteiger partial charge in [0.25, 0.3) is 5.91 Å². The van der Waals surface area contributed by atoms with Crippen molar-refractivity contribution in [3.8, 4) is 0 Å². The Labute approximate surface area is 111 Å². The normalized spacial score (nSPS) is 10.0. The number of aromatic amines is 1. The fraction of sp³-hybridized carbons (Fsp3) is 0.462. The third-order valence-corrected chi connectivity index (χ3v) is 2.46. The lowest BCUT2D eigenvalue weighted by Crippen LogP contribution is -2.39. The predicted molar refractivity (Wildman–Crippen MR) is 69.9 cm³/mol. The molecule has 0 fully saturated rings. The molecule has 6 heteroatoms. The summed E-state index contributed by atoms with van der Waals surface area (Å²) < 4.78 is 4.82. The van der Waals surface area contributed by atoms with Gasteiger partial charge in [-0.1, -0.05) is 6.92 Å². The van der Waals surface area contributed by atoms with Gasteiger partial charge in [-0.3, -0.25) is 14.4 Å². The third kappa shape index (κ3) is 4.24. The number of rotatable bonds is 6. The predicted octanol–water partition coefficient (Wildman–Crippen LogP) is 0.790. The van der Waals surface area contributed by atoms with Crippen molar-refractivity contribution in [3.05, 3.63) is 34.2 Å². The highest BCUT2D eigenvalue weighted by Gasteiger charge is 2.20. The molecule has 0 radical (unpaired) electrons. The Kier molecular flexibility index (Phi) is 5.78. The summed E-state index contributed by atoms with van der Waals surface area (Å²) in [7, 11) is 0. The zero-order chi connectivity index (χ0) is 14.3. The molecule has 0 saturated heterocycles. The number of H-pyrrole nitrogens is 1. The van der Waals surface area contributed by atoms with Gasteiger partial charge in [0.2, 0.25) is 0 Å². The third-order valence-electron chi connectivity index (χ3n) is 2.46. The van der Waals surface area contributed by atoms with Crippen LogP contribution in [0, 0.1) is 0 Å². The van der Waals surface area contributed by atoms with Gasteiger partial charge in [0.05, 0.1) is 6.61 Å². The van der Waals surface area contributed by atoms with Crippen LogP contribution in [0.5, 0.6) is 0 Å². The number of hydrogen-bond acceptors (Lipinski definition) is 4. The maximum Gasteiger partial charge on any atom is 0.325 e. The second-order valence-electron chi connectivity index (χ2n) is 3.95. The van der Waals surface area contributed by atoms with E-state index in [1.165, 1.54) is 23.4 Å². The summed E-state index contributed by atoms with van der Waals surface area (Å²) in [5, 5.41) is 0. The minimum absolute atomic E-state index is 0.0280. The smallest absolute Gasteiger partial charge is 0.325 e. The summed E-state index contributed by atoms with van der Waals surface area (Å²) in [5.41, 5.74) is -0.339. The Morgan fingerprint density at radius 1 is 1.37 bits per heavy atom. The standard InChI is InChI=1S/C13H18N2O4/c1-3-7-15(9-12(17)19-4-2)13(18)10-8-14-6-5-11(10)16/h5-6,8H,3-4,7,9H2,1-2H3,(H,14,16). The van der Waals surface area contributed by atoms with Crippen molar-refractivity contribution in [2.24, 2.45) is 0 Å². The van der Waals surface area contributed by atoms with E-state index < -0.39 is 11.9 Å². The molecule has 0 atom stereocenters. The van der Waals surface area contributed by atoms with Crippen molar-refractivity contribution in [1.29, 1.82) is 0 Å². The molecule has 0 aliphatic carbocycles. The number of carbonyl (C=O) groups excluding carboxylic acids is 2. The first-order chi connectivity index (χ1) is 9.10. The van der Waals surface area contributed by atoms with Crippen molar-refractivity contribution in [2.75, 3.05) is 19.7 Å². The Hall–Kier alpha value is -2.11. The minimum Gasteiger partial charge on any atom is -0.465 e. The van der Waals surface area contributed by atoms with Crippen molar-refractivity contribution in [2.45, 2.75) is 20.3 Å². The first-order valence-electron chi connectivity index (χ1n) is 6.22. The summed E-state index contributed by atoms with van der Waals surface area (Å²) in [6.07, 6.45) is 3.49. The van der Waals surface area contributed by atoms with E-state index in [4.69, 9.17) is 4.74 Å². The lowest BCUT2D eigenvalue weighted by molar-refractivity contribution is -0.143. The van der Waals surface area contributed by atoms with Crippen LogP contribution in [0.2, 0.25) is 0 Å². The number of pyridine rings is 1. The van der Waals surface area contributed by atoms with Crippen LogP contribution in [-0.2, 0) is 9.53 Å². The van der Waals surface area contributed by atoms with E-state index in [0.717, 1.165) is 0 Å². The molecule has 1 amide bonds. The Morgan fingerprint density at radius 2 is 2.11 bits per heavy atom. The Morgan fingerprint density at radius 3 is 2.68 bits per heavy atom.